The first-order chi connectivity index (χ1) is 12.5. The summed E-state index contributed by atoms with van der Waals surface area (Å²) in [4.78, 5) is 46.5. The van der Waals surface area contributed by atoms with Gasteiger partial charge in [0.2, 0.25) is 5.91 Å². The Balaban J connectivity index is 1.57. The van der Waals surface area contributed by atoms with Crippen molar-refractivity contribution < 1.29 is 4.79 Å². The van der Waals surface area contributed by atoms with Crippen LogP contribution in [-0.4, -0.2) is 34.0 Å². The number of imidazole rings is 2. The number of nitrogens with one attached hydrogen (secondary N) is 1. The molecule has 0 aromatic carbocycles. The maximum absolute atomic E-state index is 12.6. The molecule has 1 N–H and O–H groups in total. The number of carbonyl (C=O) groups excluding carboxylic acids is 1. The Morgan fingerprint density at radius 3 is 2.88 bits per heavy atom. The van der Waals surface area contributed by atoms with Crippen molar-refractivity contribution in [3.8, 4) is 0 Å². The number of rotatable bonds is 4. The molecule has 0 unspecified atom stereocenters. The summed E-state index contributed by atoms with van der Waals surface area (Å²) in [5.41, 5.74) is 0.138. The Labute approximate surface area is 150 Å². The summed E-state index contributed by atoms with van der Waals surface area (Å²) in [7, 11) is 3.18. The SMILES string of the molecule is Cn1cnc2c1c(=O)n(CC(=O)NCc1cn3ccsc3n1)c(=O)n2C. The quantitative estimate of drug-likeness (QED) is 0.517. The number of aryl methyl sites for hydroxylation is 2. The van der Waals surface area contributed by atoms with E-state index in [4.69, 9.17) is 0 Å². The smallest absolute Gasteiger partial charge is 0.332 e. The maximum atomic E-state index is 12.6. The number of carbonyl (C=O) groups is 1. The van der Waals surface area contributed by atoms with Crippen molar-refractivity contribution in [2.24, 2.45) is 14.1 Å². The molecule has 0 fully saturated rings. The first-order valence-electron chi connectivity index (χ1n) is 7.74. The lowest BCUT2D eigenvalue weighted by molar-refractivity contribution is -0.121. The molecule has 1 amide bonds. The molecule has 4 heterocycles. The first-order valence-corrected chi connectivity index (χ1v) is 8.62. The van der Waals surface area contributed by atoms with Gasteiger partial charge in [-0.1, -0.05) is 0 Å². The van der Waals surface area contributed by atoms with Crippen LogP contribution in [0.2, 0.25) is 0 Å². The van der Waals surface area contributed by atoms with Gasteiger partial charge < -0.3 is 9.88 Å². The summed E-state index contributed by atoms with van der Waals surface area (Å²) < 4.78 is 5.56. The van der Waals surface area contributed by atoms with E-state index in [1.807, 2.05) is 22.2 Å². The predicted molar refractivity (Wildman–Crippen MR) is 95.1 cm³/mol. The molecule has 4 aromatic heterocycles. The molecule has 4 aromatic rings. The molecule has 10 nitrogen and oxygen atoms in total. The van der Waals surface area contributed by atoms with E-state index < -0.39 is 17.2 Å². The van der Waals surface area contributed by atoms with Gasteiger partial charge in [-0.05, 0) is 0 Å². The molecule has 134 valence electrons. The lowest BCUT2D eigenvalue weighted by atomic mass is 10.4. The highest BCUT2D eigenvalue weighted by molar-refractivity contribution is 7.15. The topological polar surface area (TPSA) is 108 Å². The fourth-order valence-corrected chi connectivity index (χ4v) is 3.50. The first kappa shape index (κ1) is 16.3. The van der Waals surface area contributed by atoms with Gasteiger partial charge in [0.25, 0.3) is 5.56 Å². The van der Waals surface area contributed by atoms with Crippen LogP contribution in [0.1, 0.15) is 5.69 Å². The summed E-state index contributed by atoms with van der Waals surface area (Å²) in [6.45, 7) is -0.148. The van der Waals surface area contributed by atoms with Crippen molar-refractivity contribution in [2.45, 2.75) is 13.1 Å². The molecule has 0 aliphatic rings. The highest BCUT2D eigenvalue weighted by Crippen LogP contribution is 2.11. The fourth-order valence-electron chi connectivity index (χ4n) is 2.79. The third-order valence-electron chi connectivity index (χ3n) is 4.11. The Hall–Kier alpha value is -3.21. The number of aromatic nitrogens is 6. The molecule has 26 heavy (non-hydrogen) atoms. The monoisotopic (exact) mass is 373 g/mol. The summed E-state index contributed by atoms with van der Waals surface area (Å²) in [5, 5.41) is 4.61. The molecule has 11 heteroatoms. The van der Waals surface area contributed by atoms with Crippen LogP contribution in [0.25, 0.3) is 16.1 Å². The zero-order valence-corrected chi connectivity index (χ0v) is 14.9. The highest BCUT2D eigenvalue weighted by atomic mass is 32.1. The van der Waals surface area contributed by atoms with Gasteiger partial charge in [-0.2, -0.15) is 0 Å². The molecular weight excluding hydrogens is 358 g/mol. The van der Waals surface area contributed by atoms with Crippen LogP contribution in [0, 0.1) is 0 Å². The lowest BCUT2D eigenvalue weighted by Gasteiger charge is -2.08. The Bertz CT molecular complexity index is 1230. The molecule has 0 saturated heterocycles. The van der Waals surface area contributed by atoms with Crippen LogP contribution >= 0.6 is 11.3 Å². The average Bonchev–Trinajstić information content (AvgIpc) is 3.29. The van der Waals surface area contributed by atoms with Crippen LogP contribution in [0.5, 0.6) is 0 Å². The molecule has 0 spiro atoms. The molecule has 0 atom stereocenters. The van der Waals surface area contributed by atoms with Gasteiger partial charge in [0.05, 0.1) is 18.6 Å². The van der Waals surface area contributed by atoms with E-state index in [2.05, 4.69) is 15.3 Å². The van der Waals surface area contributed by atoms with E-state index in [9.17, 15) is 14.4 Å². The van der Waals surface area contributed by atoms with E-state index in [1.165, 1.54) is 33.8 Å². The van der Waals surface area contributed by atoms with Gasteiger partial charge in [-0.15, -0.1) is 11.3 Å². The predicted octanol–water partition coefficient (Wildman–Crippen LogP) is -0.541. The van der Waals surface area contributed by atoms with E-state index in [1.54, 1.807) is 7.05 Å². The standard InChI is InChI=1S/C15H15N7O3S/c1-19-8-17-12-11(19)13(24)22(15(25)20(12)2)7-10(23)16-5-9-6-21-3-4-26-14(21)18-9/h3-4,6,8H,5,7H2,1-2H3,(H,16,23). The van der Waals surface area contributed by atoms with Gasteiger partial charge in [-0.3, -0.25) is 18.6 Å². The average molecular weight is 373 g/mol. The molecule has 0 radical (unpaired) electrons. The second-order valence-electron chi connectivity index (χ2n) is 5.86. The van der Waals surface area contributed by atoms with Crippen molar-refractivity contribution in [3.05, 3.63) is 50.6 Å². The number of fused-ring (bicyclic) bond motifs is 2. The normalized spacial score (nSPS) is 11.5. The van der Waals surface area contributed by atoms with Crippen molar-refractivity contribution in [1.82, 2.24) is 33.4 Å². The van der Waals surface area contributed by atoms with Crippen molar-refractivity contribution in [3.63, 3.8) is 0 Å². The van der Waals surface area contributed by atoms with Crippen LogP contribution in [-0.2, 0) is 32.0 Å². The van der Waals surface area contributed by atoms with Crippen molar-refractivity contribution >= 4 is 33.4 Å². The molecule has 0 aliphatic carbocycles. The summed E-state index contributed by atoms with van der Waals surface area (Å²) >= 11 is 1.50. The van der Waals surface area contributed by atoms with Crippen molar-refractivity contribution in [1.29, 1.82) is 0 Å². The number of hydrogen-bond acceptors (Lipinski definition) is 6. The molecular formula is C15H15N7O3S. The number of hydrogen-bond donors (Lipinski definition) is 1. The zero-order valence-electron chi connectivity index (χ0n) is 14.0. The molecule has 0 aliphatic heterocycles. The van der Waals surface area contributed by atoms with Crippen LogP contribution in [0.4, 0.5) is 0 Å². The van der Waals surface area contributed by atoms with Crippen LogP contribution < -0.4 is 16.6 Å². The molecule has 0 saturated carbocycles. The Morgan fingerprint density at radius 2 is 2.12 bits per heavy atom. The number of thiazole rings is 1. The maximum Gasteiger partial charge on any atom is 0.332 e. The van der Waals surface area contributed by atoms with Crippen LogP contribution in [0.15, 0.2) is 33.7 Å². The number of nitrogens with zero attached hydrogens (tertiary/aromatic N) is 6. The summed E-state index contributed by atoms with van der Waals surface area (Å²) in [6, 6.07) is 0. The van der Waals surface area contributed by atoms with Gasteiger partial charge in [0, 0.05) is 31.9 Å². The van der Waals surface area contributed by atoms with E-state index in [-0.39, 0.29) is 24.3 Å². The fraction of sp³-hybridized carbons (Fsp3) is 0.267. The number of amides is 1. The van der Waals surface area contributed by atoms with E-state index in [0.717, 1.165) is 9.53 Å². The largest absolute Gasteiger partial charge is 0.349 e. The highest BCUT2D eigenvalue weighted by Gasteiger charge is 2.17. The third-order valence-corrected chi connectivity index (χ3v) is 4.88. The van der Waals surface area contributed by atoms with Gasteiger partial charge >= 0.3 is 5.69 Å². The molecule has 4 rings (SSSR count). The lowest BCUT2D eigenvalue weighted by Crippen LogP contribution is -2.43. The molecule has 0 bridgehead atoms. The van der Waals surface area contributed by atoms with Gasteiger partial charge in [0.1, 0.15) is 6.54 Å². The third kappa shape index (κ3) is 2.52. The minimum Gasteiger partial charge on any atom is -0.349 e. The van der Waals surface area contributed by atoms with Crippen molar-refractivity contribution in [2.75, 3.05) is 0 Å². The minimum absolute atomic E-state index is 0.219. The van der Waals surface area contributed by atoms with Crippen LogP contribution in [0.3, 0.4) is 0 Å². The second-order valence-corrected chi connectivity index (χ2v) is 6.74. The Morgan fingerprint density at radius 1 is 1.31 bits per heavy atom. The van der Waals surface area contributed by atoms with E-state index in [0.29, 0.717) is 5.69 Å². The minimum atomic E-state index is -0.584. The van der Waals surface area contributed by atoms with Gasteiger partial charge in [-0.25, -0.2) is 19.3 Å². The second kappa shape index (κ2) is 5.95. The summed E-state index contributed by atoms with van der Waals surface area (Å²) in [5.74, 6) is -0.443. The summed E-state index contributed by atoms with van der Waals surface area (Å²) in [6.07, 6.45) is 5.16. The van der Waals surface area contributed by atoms with E-state index >= 15 is 0 Å². The zero-order chi connectivity index (χ0) is 18.4. The van der Waals surface area contributed by atoms with Gasteiger partial charge in [0.15, 0.2) is 16.1 Å². The Kier molecular flexibility index (Phi) is 3.72.